The van der Waals surface area contributed by atoms with Gasteiger partial charge in [-0.15, -0.1) is 0 Å². The van der Waals surface area contributed by atoms with Crippen LogP contribution < -0.4 is 5.32 Å². The van der Waals surface area contributed by atoms with Gasteiger partial charge in [0.05, 0.1) is 25.5 Å². The van der Waals surface area contributed by atoms with Crippen molar-refractivity contribution in [2.75, 3.05) is 11.9 Å². The summed E-state index contributed by atoms with van der Waals surface area (Å²) in [5.41, 5.74) is 0.549. The van der Waals surface area contributed by atoms with Gasteiger partial charge < -0.3 is 30.5 Å². The second-order valence-electron chi connectivity index (χ2n) is 5.79. The van der Waals surface area contributed by atoms with Gasteiger partial charge in [0.25, 0.3) is 0 Å². The molecule has 140 valence electrons. The van der Waals surface area contributed by atoms with Gasteiger partial charge in [-0.25, -0.2) is 19.7 Å². The summed E-state index contributed by atoms with van der Waals surface area (Å²) in [5.74, 6) is -2.55. The quantitative estimate of drug-likeness (QED) is 0.397. The number of ether oxygens (including phenoxy) is 1. The molecule has 5 N–H and O–H groups in total. The maximum Gasteiger partial charge on any atom is 0.326 e. The molecule has 12 heteroatoms. The number of aliphatic carboxylic acids is 2. The first kappa shape index (κ1) is 18.0. The van der Waals surface area contributed by atoms with E-state index in [1.165, 1.54) is 17.2 Å². The number of fused-ring (bicyclic) bond motifs is 1. The van der Waals surface area contributed by atoms with Crippen LogP contribution in [-0.4, -0.2) is 76.7 Å². The zero-order valence-corrected chi connectivity index (χ0v) is 13.4. The summed E-state index contributed by atoms with van der Waals surface area (Å²) in [7, 11) is 0. The fraction of sp³-hybridized carbons (Fsp3) is 0.500. The van der Waals surface area contributed by atoms with Gasteiger partial charge in [0.1, 0.15) is 24.7 Å². The fourth-order valence-corrected chi connectivity index (χ4v) is 2.76. The van der Waals surface area contributed by atoms with Gasteiger partial charge in [-0.1, -0.05) is 0 Å². The third-order valence-electron chi connectivity index (χ3n) is 4.04. The molecular formula is C14H17N5O7. The lowest BCUT2D eigenvalue weighted by atomic mass is 10.2. The summed E-state index contributed by atoms with van der Waals surface area (Å²) in [6, 6.07) is -1.39. The molecular weight excluding hydrogens is 350 g/mol. The van der Waals surface area contributed by atoms with Gasteiger partial charge in [-0.05, 0) is 0 Å². The summed E-state index contributed by atoms with van der Waals surface area (Å²) in [5, 5.41) is 39.6. The number of carboxylic acid groups (broad SMARTS) is 2. The van der Waals surface area contributed by atoms with Crippen molar-refractivity contribution < 1.29 is 34.8 Å². The van der Waals surface area contributed by atoms with E-state index in [4.69, 9.17) is 14.9 Å². The van der Waals surface area contributed by atoms with E-state index in [0.717, 1.165) is 0 Å². The number of aliphatic hydroxyl groups is 2. The molecule has 0 spiro atoms. The highest BCUT2D eigenvalue weighted by Crippen LogP contribution is 2.31. The van der Waals surface area contributed by atoms with Crippen LogP contribution in [0.1, 0.15) is 19.1 Å². The average Bonchev–Trinajstić information content (AvgIpc) is 3.17. The number of imidazole rings is 1. The Balaban J connectivity index is 1.89. The Morgan fingerprint density at radius 3 is 2.73 bits per heavy atom. The van der Waals surface area contributed by atoms with E-state index in [-0.39, 0.29) is 24.4 Å². The number of hydrogen-bond donors (Lipinski definition) is 5. The Kier molecular flexibility index (Phi) is 4.97. The lowest BCUT2D eigenvalue weighted by Gasteiger charge is -2.15. The minimum atomic E-state index is -1.39. The van der Waals surface area contributed by atoms with E-state index in [9.17, 15) is 19.8 Å². The zero-order chi connectivity index (χ0) is 18.8. The molecule has 26 heavy (non-hydrogen) atoms. The summed E-state index contributed by atoms with van der Waals surface area (Å²) in [4.78, 5) is 34.2. The molecule has 0 amide bonds. The average molecular weight is 367 g/mol. The van der Waals surface area contributed by atoms with Crippen molar-refractivity contribution >= 4 is 28.9 Å². The predicted octanol–water partition coefficient (Wildman–Crippen LogP) is -1.19. The minimum absolute atomic E-state index is 0.0691. The summed E-state index contributed by atoms with van der Waals surface area (Å²) < 4.78 is 7.09. The van der Waals surface area contributed by atoms with E-state index in [1.54, 1.807) is 0 Å². The van der Waals surface area contributed by atoms with Gasteiger partial charge >= 0.3 is 11.9 Å². The molecule has 0 bridgehead atoms. The molecule has 0 aliphatic carbocycles. The van der Waals surface area contributed by atoms with Crippen LogP contribution in [0.2, 0.25) is 0 Å². The van der Waals surface area contributed by atoms with Crippen LogP contribution >= 0.6 is 0 Å². The lowest BCUT2D eigenvalue weighted by Crippen LogP contribution is -2.32. The van der Waals surface area contributed by atoms with Gasteiger partial charge in [0.15, 0.2) is 17.0 Å². The number of carbonyl (C=O) groups is 2. The Labute approximate surface area is 146 Å². The van der Waals surface area contributed by atoms with Crippen LogP contribution in [0.3, 0.4) is 0 Å². The zero-order valence-electron chi connectivity index (χ0n) is 13.4. The van der Waals surface area contributed by atoms with Gasteiger partial charge in [0, 0.05) is 6.42 Å². The Hall–Kier alpha value is -2.83. The summed E-state index contributed by atoms with van der Waals surface area (Å²) in [6.45, 7) is -0.332. The first-order valence-corrected chi connectivity index (χ1v) is 7.73. The Morgan fingerprint density at radius 2 is 2.12 bits per heavy atom. The number of anilines is 1. The molecule has 4 atom stereocenters. The first-order valence-electron chi connectivity index (χ1n) is 7.73. The molecule has 12 nitrogen and oxygen atoms in total. The van der Waals surface area contributed by atoms with Crippen molar-refractivity contribution in [1.82, 2.24) is 19.5 Å². The number of hydrogen-bond acceptors (Lipinski definition) is 9. The molecule has 2 aromatic rings. The van der Waals surface area contributed by atoms with Crippen molar-refractivity contribution in [3.05, 3.63) is 12.7 Å². The SMILES string of the molecule is O=C(O)C[C@H](Nc1ncnc2c1ncn2C1C[C@H](O)[C@@H](CO)O1)C(=O)O. The van der Waals surface area contributed by atoms with Crippen molar-refractivity contribution in [2.24, 2.45) is 0 Å². The molecule has 3 heterocycles. The normalized spacial score (nSPS) is 23.8. The molecule has 0 saturated carbocycles. The van der Waals surface area contributed by atoms with Gasteiger partial charge in [-0.3, -0.25) is 9.36 Å². The number of aliphatic hydroxyl groups excluding tert-OH is 2. The highest BCUT2D eigenvalue weighted by Gasteiger charge is 2.35. The largest absolute Gasteiger partial charge is 0.481 e. The molecule has 1 aliphatic heterocycles. The van der Waals surface area contributed by atoms with Crippen molar-refractivity contribution in [1.29, 1.82) is 0 Å². The third kappa shape index (κ3) is 3.42. The number of nitrogens with one attached hydrogen (secondary N) is 1. The van der Waals surface area contributed by atoms with E-state index in [1.807, 2.05) is 0 Å². The smallest absolute Gasteiger partial charge is 0.326 e. The first-order chi connectivity index (χ1) is 12.4. The molecule has 1 saturated heterocycles. The van der Waals surface area contributed by atoms with Crippen LogP contribution in [-0.2, 0) is 14.3 Å². The number of carboxylic acids is 2. The topological polar surface area (TPSA) is 180 Å². The van der Waals surface area contributed by atoms with Gasteiger partial charge in [0.2, 0.25) is 0 Å². The van der Waals surface area contributed by atoms with Crippen molar-refractivity contribution in [3.8, 4) is 0 Å². The van der Waals surface area contributed by atoms with Crippen LogP contribution in [0.25, 0.3) is 11.2 Å². The second-order valence-corrected chi connectivity index (χ2v) is 5.79. The third-order valence-corrected chi connectivity index (χ3v) is 4.04. The lowest BCUT2D eigenvalue weighted by molar-refractivity contribution is -0.144. The molecule has 1 unspecified atom stereocenters. The molecule has 0 aromatic carbocycles. The number of rotatable bonds is 7. The highest BCUT2D eigenvalue weighted by molar-refractivity contribution is 5.88. The Morgan fingerprint density at radius 1 is 1.35 bits per heavy atom. The monoisotopic (exact) mass is 367 g/mol. The Bertz CT molecular complexity index is 825. The van der Waals surface area contributed by atoms with Crippen LogP contribution in [0, 0.1) is 0 Å². The van der Waals surface area contributed by atoms with Crippen LogP contribution in [0.4, 0.5) is 5.82 Å². The summed E-state index contributed by atoms with van der Waals surface area (Å²) >= 11 is 0. The maximum atomic E-state index is 11.2. The summed E-state index contributed by atoms with van der Waals surface area (Å²) in [6.07, 6.45) is -0.00826. The fourth-order valence-electron chi connectivity index (χ4n) is 2.76. The van der Waals surface area contributed by atoms with E-state index in [0.29, 0.717) is 5.65 Å². The molecule has 3 rings (SSSR count). The van der Waals surface area contributed by atoms with Gasteiger partial charge in [-0.2, -0.15) is 0 Å². The molecule has 1 fully saturated rings. The standard InChI is InChI=1S/C14H17N5O7/c20-3-8-7(21)2-9(26-8)19-5-17-11-12(15-4-16-13(11)19)18-6(14(24)25)1-10(22)23/h4-9,20-21H,1-3H2,(H,22,23)(H,24,25)(H,15,16,18)/t6-,7-,8+,9?/m0/s1. The predicted molar refractivity (Wildman–Crippen MR) is 84.2 cm³/mol. The highest BCUT2D eigenvalue weighted by atomic mass is 16.5. The minimum Gasteiger partial charge on any atom is -0.481 e. The van der Waals surface area contributed by atoms with Crippen molar-refractivity contribution in [3.63, 3.8) is 0 Å². The molecule has 2 aromatic heterocycles. The second kappa shape index (κ2) is 7.19. The maximum absolute atomic E-state index is 11.2. The number of aromatic nitrogens is 4. The van der Waals surface area contributed by atoms with E-state index in [2.05, 4.69) is 20.3 Å². The molecule has 0 radical (unpaired) electrons. The van der Waals surface area contributed by atoms with Crippen LogP contribution in [0.15, 0.2) is 12.7 Å². The molecule has 1 aliphatic rings. The van der Waals surface area contributed by atoms with E-state index < -0.39 is 42.8 Å². The van der Waals surface area contributed by atoms with E-state index >= 15 is 0 Å². The number of nitrogens with zero attached hydrogens (tertiary/aromatic N) is 4. The van der Waals surface area contributed by atoms with Crippen LogP contribution in [0.5, 0.6) is 0 Å². The van der Waals surface area contributed by atoms with Crippen molar-refractivity contribution in [2.45, 2.75) is 37.3 Å².